The smallest absolute Gasteiger partial charge is 0.324 e. The normalized spacial score (nSPS) is 20.0. The van der Waals surface area contributed by atoms with Crippen LogP contribution in [0.15, 0.2) is 24.3 Å². The van der Waals surface area contributed by atoms with Crippen molar-refractivity contribution in [2.45, 2.75) is 31.3 Å². The zero-order valence-corrected chi connectivity index (χ0v) is 16.1. The lowest BCUT2D eigenvalue weighted by molar-refractivity contribution is 0.100. The highest BCUT2D eigenvalue weighted by Gasteiger charge is 2.37. The summed E-state index contributed by atoms with van der Waals surface area (Å²) in [7, 11) is 0. The fourth-order valence-electron chi connectivity index (χ4n) is 3.55. The Bertz CT molecular complexity index is 853. The number of benzene rings is 1. The Morgan fingerprint density at radius 3 is 2.62 bits per heavy atom. The summed E-state index contributed by atoms with van der Waals surface area (Å²) >= 11 is 7.27. The molecule has 1 aromatic carbocycles. The molecule has 0 unspecified atom stereocenters. The number of urea groups is 1. The van der Waals surface area contributed by atoms with E-state index in [1.165, 1.54) is 11.3 Å². The molecule has 0 saturated carbocycles. The molecule has 4 rings (SSSR count). The molecule has 1 fully saturated rings. The van der Waals surface area contributed by atoms with Gasteiger partial charge in [0, 0.05) is 27.7 Å². The molecule has 26 heavy (non-hydrogen) atoms. The standard InChI is InChI=1S/C17H17ClN4O2S.ClH/c18-8-1-3-9(4-2-8)21-17(24)22-16-13(15(19)23)11-7-10-5-6-12(20-10)14(11)25-16;/h1-4,10,12,20H,5-7H2,(H2,19,23)(H2,21,22,24);1H/t10-,12+;/m1./s1. The fraction of sp³-hybridized carbons (Fsp3) is 0.294. The van der Waals surface area contributed by atoms with Gasteiger partial charge >= 0.3 is 6.03 Å². The maximum atomic E-state index is 12.3. The first-order valence-electron chi connectivity index (χ1n) is 8.06. The van der Waals surface area contributed by atoms with Gasteiger partial charge in [0.2, 0.25) is 0 Å². The van der Waals surface area contributed by atoms with Crippen LogP contribution in [0.4, 0.5) is 15.5 Å². The van der Waals surface area contributed by atoms with Crippen LogP contribution in [0.1, 0.15) is 39.7 Å². The van der Waals surface area contributed by atoms with Gasteiger partial charge < -0.3 is 16.4 Å². The second-order valence-corrected chi connectivity index (χ2v) is 7.79. The number of fused-ring (bicyclic) bond motifs is 4. The van der Waals surface area contributed by atoms with Gasteiger partial charge in [0.15, 0.2) is 0 Å². The third kappa shape index (κ3) is 3.53. The molecule has 2 bridgehead atoms. The summed E-state index contributed by atoms with van der Waals surface area (Å²) in [5.74, 6) is -0.499. The van der Waals surface area contributed by atoms with E-state index in [4.69, 9.17) is 17.3 Å². The number of thiophene rings is 1. The van der Waals surface area contributed by atoms with Gasteiger partial charge in [-0.1, -0.05) is 11.6 Å². The van der Waals surface area contributed by atoms with Gasteiger partial charge in [-0.25, -0.2) is 4.79 Å². The number of primary amides is 1. The van der Waals surface area contributed by atoms with E-state index < -0.39 is 11.9 Å². The number of halogens is 2. The third-order valence-electron chi connectivity index (χ3n) is 4.62. The van der Waals surface area contributed by atoms with E-state index in [1.807, 2.05) is 0 Å². The molecule has 2 aliphatic rings. The number of nitrogens with one attached hydrogen (secondary N) is 3. The Morgan fingerprint density at radius 2 is 1.92 bits per heavy atom. The van der Waals surface area contributed by atoms with Crippen molar-refractivity contribution in [3.63, 3.8) is 0 Å². The van der Waals surface area contributed by atoms with Crippen LogP contribution >= 0.6 is 35.3 Å². The van der Waals surface area contributed by atoms with Crippen LogP contribution < -0.4 is 21.7 Å². The summed E-state index contributed by atoms with van der Waals surface area (Å²) in [5.41, 5.74) is 7.66. The maximum absolute atomic E-state index is 12.3. The van der Waals surface area contributed by atoms with Crippen LogP contribution in [0.5, 0.6) is 0 Å². The monoisotopic (exact) mass is 412 g/mol. The van der Waals surface area contributed by atoms with Crippen LogP contribution in [0.2, 0.25) is 5.02 Å². The molecule has 1 saturated heterocycles. The molecular formula is C17H18Cl2N4O2S. The van der Waals surface area contributed by atoms with E-state index in [1.54, 1.807) is 24.3 Å². The minimum atomic E-state index is -0.499. The van der Waals surface area contributed by atoms with Gasteiger partial charge in [0.05, 0.1) is 5.56 Å². The van der Waals surface area contributed by atoms with Crippen LogP contribution in [0.25, 0.3) is 0 Å². The first-order valence-corrected chi connectivity index (χ1v) is 9.25. The predicted molar refractivity (Wildman–Crippen MR) is 107 cm³/mol. The average Bonchev–Trinajstić information content (AvgIpc) is 3.12. The molecule has 1 aromatic heterocycles. The Labute approximate surface area is 165 Å². The highest BCUT2D eigenvalue weighted by molar-refractivity contribution is 7.17. The Hall–Kier alpha value is -1.80. The maximum Gasteiger partial charge on any atom is 0.324 e. The lowest BCUT2D eigenvalue weighted by Crippen LogP contribution is -2.32. The minimum absolute atomic E-state index is 0. The quantitative estimate of drug-likeness (QED) is 0.614. The molecular weight excluding hydrogens is 395 g/mol. The van der Waals surface area contributed by atoms with Crippen LogP contribution in [-0.4, -0.2) is 18.0 Å². The van der Waals surface area contributed by atoms with E-state index in [0.29, 0.717) is 27.3 Å². The van der Waals surface area contributed by atoms with Crippen molar-refractivity contribution in [2.24, 2.45) is 5.73 Å². The molecule has 9 heteroatoms. The first-order chi connectivity index (χ1) is 12.0. The number of nitrogens with two attached hydrogens (primary N) is 1. The molecule has 138 valence electrons. The zero-order valence-electron chi connectivity index (χ0n) is 13.7. The summed E-state index contributed by atoms with van der Waals surface area (Å²) < 4.78 is 0. The fourth-order valence-corrected chi connectivity index (χ4v) is 5.00. The first kappa shape index (κ1) is 19.0. The number of amides is 3. The Kier molecular flexibility index (Phi) is 5.43. The van der Waals surface area contributed by atoms with Gasteiger partial charge in [-0.05, 0) is 49.1 Å². The number of hydrogen-bond acceptors (Lipinski definition) is 4. The average molecular weight is 413 g/mol. The molecule has 2 aromatic rings. The largest absolute Gasteiger partial charge is 0.365 e. The Balaban J connectivity index is 0.00000196. The minimum Gasteiger partial charge on any atom is -0.365 e. The molecule has 0 spiro atoms. The van der Waals surface area contributed by atoms with Crippen LogP contribution in [0, 0.1) is 0 Å². The SMILES string of the molecule is Cl.NC(=O)c1c(NC(=O)Nc2ccc(Cl)cc2)sc2c1C[C@H]1CC[C@@H]2N1. The van der Waals surface area contributed by atoms with Crippen molar-refractivity contribution < 1.29 is 9.59 Å². The van der Waals surface area contributed by atoms with Gasteiger partial charge in [-0.3, -0.25) is 10.1 Å². The van der Waals surface area contributed by atoms with E-state index in [-0.39, 0.29) is 18.4 Å². The zero-order chi connectivity index (χ0) is 17.6. The summed E-state index contributed by atoms with van der Waals surface area (Å²) in [5, 5.41) is 10.2. The topological polar surface area (TPSA) is 96.2 Å². The molecule has 5 N–H and O–H groups in total. The summed E-state index contributed by atoms with van der Waals surface area (Å²) in [6.45, 7) is 0. The van der Waals surface area contributed by atoms with E-state index in [9.17, 15) is 9.59 Å². The molecule has 3 heterocycles. The van der Waals surface area contributed by atoms with E-state index in [2.05, 4.69) is 16.0 Å². The van der Waals surface area contributed by atoms with Crippen LogP contribution in [-0.2, 0) is 6.42 Å². The molecule has 2 atom stereocenters. The third-order valence-corrected chi connectivity index (χ3v) is 6.13. The summed E-state index contributed by atoms with van der Waals surface area (Å²) in [4.78, 5) is 25.4. The summed E-state index contributed by atoms with van der Waals surface area (Å²) in [6, 6.07) is 7.03. The van der Waals surface area contributed by atoms with E-state index >= 15 is 0 Å². The lowest BCUT2D eigenvalue weighted by atomic mass is 9.98. The second-order valence-electron chi connectivity index (χ2n) is 6.30. The van der Waals surface area contributed by atoms with Crippen molar-refractivity contribution in [3.8, 4) is 0 Å². The molecule has 6 nitrogen and oxygen atoms in total. The van der Waals surface area contributed by atoms with Crippen molar-refractivity contribution in [2.75, 3.05) is 10.6 Å². The van der Waals surface area contributed by atoms with Crippen molar-refractivity contribution in [1.29, 1.82) is 0 Å². The molecule has 3 amide bonds. The highest BCUT2D eigenvalue weighted by atomic mass is 35.5. The number of anilines is 2. The lowest BCUT2D eigenvalue weighted by Gasteiger charge is -2.21. The van der Waals surface area contributed by atoms with Gasteiger partial charge in [-0.15, -0.1) is 23.7 Å². The van der Waals surface area contributed by atoms with Gasteiger partial charge in [0.1, 0.15) is 5.00 Å². The van der Waals surface area contributed by atoms with Crippen molar-refractivity contribution in [3.05, 3.63) is 45.3 Å². The van der Waals surface area contributed by atoms with Crippen LogP contribution in [0.3, 0.4) is 0 Å². The Morgan fingerprint density at radius 1 is 1.19 bits per heavy atom. The molecule has 0 radical (unpaired) electrons. The number of carbonyl (C=O) groups is 2. The number of hydrogen-bond donors (Lipinski definition) is 4. The summed E-state index contributed by atoms with van der Waals surface area (Å²) in [6.07, 6.45) is 2.93. The van der Waals surface area contributed by atoms with E-state index in [0.717, 1.165) is 29.7 Å². The number of carbonyl (C=O) groups excluding carboxylic acids is 2. The molecule has 2 aliphatic heterocycles. The van der Waals surface area contributed by atoms with Crippen molar-refractivity contribution in [1.82, 2.24) is 5.32 Å². The predicted octanol–water partition coefficient (Wildman–Crippen LogP) is 3.92. The highest BCUT2D eigenvalue weighted by Crippen LogP contribution is 2.45. The van der Waals surface area contributed by atoms with Gasteiger partial charge in [0.25, 0.3) is 5.91 Å². The number of rotatable bonds is 3. The second kappa shape index (κ2) is 7.44. The molecule has 0 aliphatic carbocycles. The van der Waals surface area contributed by atoms with Crippen molar-refractivity contribution >= 4 is 58.0 Å². The van der Waals surface area contributed by atoms with Gasteiger partial charge in [-0.2, -0.15) is 0 Å².